The summed E-state index contributed by atoms with van der Waals surface area (Å²) >= 11 is 3.79. The maximum atomic E-state index is 9.36. The van der Waals surface area contributed by atoms with E-state index in [0.717, 1.165) is 22.4 Å². The summed E-state index contributed by atoms with van der Waals surface area (Å²) in [5.74, 6) is 1.75. The number of nitrogens with zero attached hydrogens (tertiary/aromatic N) is 5. The van der Waals surface area contributed by atoms with Gasteiger partial charge in [-0.05, 0) is 66.7 Å². The summed E-state index contributed by atoms with van der Waals surface area (Å²) in [5, 5.41) is 17.2. The second-order valence-corrected chi connectivity index (χ2v) is 15.2. The maximum absolute atomic E-state index is 9.36. The zero-order valence-corrected chi connectivity index (χ0v) is 29.6. The van der Waals surface area contributed by atoms with Gasteiger partial charge in [-0.3, -0.25) is 0 Å². The Balaban J connectivity index is 1.16. The van der Waals surface area contributed by atoms with Gasteiger partial charge in [0.25, 0.3) is 0 Å². The summed E-state index contributed by atoms with van der Waals surface area (Å²) in [7, 11) is 0. The van der Waals surface area contributed by atoms with Crippen molar-refractivity contribution in [3.8, 4) is 45.9 Å². The number of aromatic nitrogens is 4. The molecule has 11 rings (SSSR count). The molecule has 53 heavy (non-hydrogen) atoms. The molecule has 0 aliphatic heterocycles. The van der Waals surface area contributed by atoms with Crippen LogP contribution in [0, 0.1) is 11.3 Å². The summed E-state index contributed by atoms with van der Waals surface area (Å²) in [5.41, 5.74) is 6.70. The van der Waals surface area contributed by atoms with E-state index in [-0.39, 0.29) is 0 Å². The first-order valence-corrected chi connectivity index (χ1v) is 19.0. The van der Waals surface area contributed by atoms with Crippen LogP contribution in [0.2, 0.25) is 0 Å². The minimum Gasteiger partial charge on any atom is -0.308 e. The quantitative estimate of drug-likeness (QED) is 0.182. The lowest BCUT2D eigenvalue weighted by molar-refractivity contribution is 1.07. The number of thiophene rings is 2. The third-order valence-corrected chi connectivity index (χ3v) is 12.4. The fraction of sp³-hybridized carbons (Fsp3) is 0. The Bertz CT molecular complexity index is 3280. The van der Waals surface area contributed by atoms with Crippen LogP contribution in [0.25, 0.3) is 102 Å². The average Bonchev–Trinajstić information content (AvgIpc) is 3.91. The zero-order valence-electron chi connectivity index (χ0n) is 28.0. The Morgan fingerprint density at radius 2 is 0.962 bits per heavy atom. The van der Waals surface area contributed by atoms with E-state index < -0.39 is 0 Å². The van der Waals surface area contributed by atoms with E-state index in [1.165, 1.54) is 62.2 Å². The van der Waals surface area contributed by atoms with E-state index in [0.29, 0.717) is 23.0 Å². The van der Waals surface area contributed by atoms with Crippen molar-refractivity contribution in [2.75, 3.05) is 0 Å². The molecule has 7 aromatic carbocycles. The Kier molecular flexibility index (Phi) is 6.59. The molecule has 4 heterocycles. The molecule has 0 bridgehead atoms. The molecule has 0 N–H and O–H groups in total. The summed E-state index contributed by atoms with van der Waals surface area (Å²) < 4.78 is 7.70. The minimum atomic E-state index is 0.559. The molecule has 0 saturated heterocycles. The van der Waals surface area contributed by atoms with Gasteiger partial charge in [0.1, 0.15) is 0 Å². The first-order chi connectivity index (χ1) is 26.2. The fourth-order valence-electron chi connectivity index (χ4n) is 7.69. The third-order valence-electron chi connectivity index (χ3n) is 10.1. The average molecular weight is 712 g/mol. The van der Waals surface area contributed by atoms with E-state index in [1.54, 1.807) is 12.1 Å². The lowest BCUT2D eigenvalue weighted by atomic mass is 10.0. The Hall–Kier alpha value is -6.72. The van der Waals surface area contributed by atoms with Gasteiger partial charge in [-0.2, -0.15) is 5.26 Å². The molecule has 11 aromatic rings. The zero-order chi connectivity index (χ0) is 35.0. The van der Waals surface area contributed by atoms with Crippen molar-refractivity contribution in [1.82, 2.24) is 19.5 Å². The Labute approximate surface area is 311 Å². The lowest BCUT2D eigenvalue weighted by Gasteiger charge is -2.11. The number of rotatable bonds is 4. The number of fused-ring (bicyclic) bond motifs is 12. The van der Waals surface area contributed by atoms with Crippen molar-refractivity contribution < 1.29 is 0 Å². The van der Waals surface area contributed by atoms with Crippen molar-refractivity contribution in [1.29, 1.82) is 5.26 Å². The normalized spacial score (nSPS) is 11.8. The molecule has 0 aliphatic rings. The molecule has 0 aliphatic carbocycles. The number of hydrogen-bond acceptors (Lipinski definition) is 6. The van der Waals surface area contributed by atoms with E-state index in [1.807, 2.05) is 65.1 Å². The van der Waals surface area contributed by atoms with E-state index in [2.05, 4.69) is 108 Å². The van der Waals surface area contributed by atoms with Gasteiger partial charge in [0.15, 0.2) is 17.5 Å². The van der Waals surface area contributed by atoms with Crippen LogP contribution in [0.1, 0.15) is 5.56 Å². The van der Waals surface area contributed by atoms with Gasteiger partial charge in [0.05, 0.1) is 27.4 Å². The predicted molar refractivity (Wildman–Crippen MR) is 221 cm³/mol. The molecule has 7 heteroatoms. The highest BCUT2D eigenvalue weighted by Gasteiger charge is 2.24. The minimum absolute atomic E-state index is 0.559. The molecule has 0 atom stereocenters. The van der Waals surface area contributed by atoms with Crippen LogP contribution in [0.4, 0.5) is 0 Å². The first kappa shape index (κ1) is 30.0. The molecule has 4 aromatic heterocycles. The van der Waals surface area contributed by atoms with Crippen LogP contribution in [-0.4, -0.2) is 19.5 Å². The fourth-order valence-corrected chi connectivity index (χ4v) is 10.3. The number of hydrogen-bond donors (Lipinski definition) is 0. The van der Waals surface area contributed by atoms with Crippen LogP contribution < -0.4 is 0 Å². The molecule has 246 valence electrons. The van der Waals surface area contributed by atoms with E-state index >= 15 is 0 Å². The third kappa shape index (κ3) is 4.57. The maximum Gasteiger partial charge on any atom is 0.164 e. The number of para-hydroxylation sites is 1. The molecule has 0 unspecified atom stereocenters. The second-order valence-electron chi connectivity index (χ2n) is 13.1. The molecule has 0 fully saturated rings. The number of benzene rings is 7. The summed E-state index contributed by atoms with van der Waals surface area (Å²) in [6, 6.07) is 54.6. The van der Waals surface area contributed by atoms with Gasteiger partial charge in [0.2, 0.25) is 0 Å². The predicted octanol–water partition coefficient (Wildman–Crippen LogP) is 12.6. The topological polar surface area (TPSA) is 67.4 Å². The molecule has 0 radical (unpaired) electrons. The molecule has 0 saturated carbocycles. The van der Waals surface area contributed by atoms with Crippen LogP contribution in [0.5, 0.6) is 0 Å². The largest absolute Gasteiger partial charge is 0.308 e. The van der Waals surface area contributed by atoms with Crippen molar-refractivity contribution in [3.63, 3.8) is 0 Å². The monoisotopic (exact) mass is 711 g/mol. The van der Waals surface area contributed by atoms with E-state index in [9.17, 15) is 5.26 Å². The molecule has 5 nitrogen and oxygen atoms in total. The van der Waals surface area contributed by atoms with Crippen molar-refractivity contribution in [2.45, 2.75) is 0 Å². The SMILES string of the molecule is N#Cc1ccc(-c2nc(-c3ccccc3)nc(-c3ccc(-n4c5ccccc5c5c6c7ccccc7sc6c6c7ccccc7sc6c54)cc3)n2)cc1. The first-order valence-electron chi connectivity index (χ1n) is 17.3. The van der Waals surface area contributed by atoms with Crippen molar-refractivity contribution >= 4 is 84.8 Å². The van der Waals surface area contributed by atoms with Crippen molar-refractivity contribution in [2.24, 2.45) is 0 Å². The Morgan fingerprint density at radius 1 is 0.453 bits per heavy atom. The summed E-state index contributed by atoms with van der Waals surface area (Å²) in [4.78, 5) is 14.8. The number of nitriles is 1. The van der Waals surface area contributed by atoms with Gasteiger partial charge in [-0.1, -0.05) is 84.9 Å². The van der Waals surface area contributed by atoms with Crippen LogP contribution in [-0.2, 0) is 0 Å². The van der Waals surface area contributed by atoms with Crippen molar-refractivity contribution in [3.05, 3.63) is 157 Å². The smallest absolute Gasteiger partial charge is 0.164 e. The molecule has 0 amide bonds. The highest BCUT2D eigenvalue weighted by atomic mass is 32.1. The van der Waals surface area contributed by atoms with E-state index in [4.69, 9.17) is 15.0 Å². The highest BCUT2D eigenvalue weighted by molar-refractivity contribution is 7.30. The van der Waals surface area contributed by atoms with Crippen LogP contribution in [0.15, 0.2) is 152 Å². The second kappa shape index (κ2) is 11.7. The molecular weight excluding hydrogens is 687 g/mol. The van der Waals surface area contributed by atoms with Gasteiger partial charge < -0.3 is 4.57 Å². The lowest BCUT2D eigenvalue weighted by Crippen LogP contribution is -2.00. The Morgan fingerprint density at radius 3 is 1.60 bits per heavy atom. The summed E-state index contributed by atoms with van der Waals surface area (Å²) in [6.07, 6.45) is 0. The van der Waals surface area contributed by atoms with Gasteiger partial charge in [-0.25, -0.2) is 15.0 Å². The highest BCUT2D eigenvalue weighted by Crippen LogP contribution is 2.52. The van der Waals surface area contributed by atoms with Gasteiger partial charge >= 0.3 is 0 Å². The molecule has 0 spiro atoms. The van der Waals surface area contributed by atoms with Crippen LogP contribution in [0.3, 0.4) is 0 Å². The van der Waals surface area contributed by atoms with Crippen LogP contribution >= 0.6 is 22.7 Å². The summed E-state index contributed by atoms with van der Waals surface area (Å²) in [6.45, 7) is 0. The standard InChI is InChI=1S/C46H25N5S2/c47-26-27-18-20-29(21-19-27)45-48-44(28-10-2-1-3-11-28)49-46(50-45)30-22-24-31(25-23-30)51-35-15-7-4-12-32(35)38-39-33-13-5-8-16-36(33)52-42(39)40-34-14-6-9-17-37(34)53-43(40)41(38)51/h1-25H. The van der Waals surface area contributed by atoms with Gasteiger partial charge in [0, 0.05) is 68.8 Å². The molecular formula is C46H25N5S2. The van der Waals surface area contributed by atoms with Gasteiger partial charge in [-0.15, -0.1) is 22.7 Å².